The van der Waals surface area contributed by atoms with E-state index in [9.17, 15) is 14.7 Å². The van der Waals surface area contributed by atoms with Crippen molar-refractivity contribution in [3.8, 4) is 5.75 Å². The number of carbonyl (C=O) groups is 2. The van der Waals surface area contributed by atoms with Crippen LogP contribution in [0.25, 0.3) is 10.8 Å². The second-order valence-electron chi connectivity index (χ2n) is 6.37. The van der Waals surface area contributed by atoms with Crippen LogP contribution in [0.5, 0.6) is 5.75 Å². The number of carboxylic acid groups (broad SMARTS) is 1. The summed E-state index contributed by atoms with van der Waals surface area (Å²) in [5, 5.41) is 14.0. The molecule has 1 aromatic heterocycles. The fraction of sp³-hybridized carbons (Fsp3) is 0.250. The van der Waals surface area contributed by atoms with E-state index in [1.165, 1.54) is 6.33 Å². The average Bonchev–Trinajstić information content (AvgIpc) is 3.19. The Bertz CT molecular complexity index is 953. The molecule has 0 fully saturated rings. The number of imidazole rings is 1. The second-order valence-corrected chi connectivity index (χ2v) is 6.37. The van der Waals surface area contributed by atoms with Gasteiger partial charge in [-0.2, -0.15) is 0 Å². The minimum atomic E-state index is -1.09. The Morgan fingerprint density at radius 1 is 1.22 bits per heavy atom. The minimum absolute atomic E-state index is 0.144. The van der Waals surface area contributed by atoms with E-state index in [2.05, 4.69) is 15.3 Å². The molecule has 0 aliphatic heterocycles. The minimum Gasteiger partial charge on any atom is -0.497 e. The monoisotopic (exact) mass is 367 g/mol. The molecule has 0 unspecified atom stereocenters. The number of aromatic nitrogens is 2. The number of nitrogens with one attached hydrogen (secondary N) is 2. The van der Waals surface area contributed by atoms with Crippen LogP contribution in [0.1, 0.15) is 24.1 Å². The number of fused-ring (bicyclic) bond motifs is 1. The number of carbonyl (C=O) groups excluding carboxylic acids is 1. The highest BCUT2D eigenvalue weighted by atomic mass is 16.5. The third-order valence-corrected chi connectivity index (χ3v) is 4.56. The molecule has 140 valence electrons. The molecule has 0 bridgehead atoms. The first-order valence-corrected chi connectivity index (χ1v) is 8.56. The Morgan fingerprint density at radius 3 is 2.63 bits per heavy atom. The maximum Gasteiger partial charge on any atom is 0.326 e. The van der Waals surface area contributed by atoms with Crippen molar-refractivity contribution < 1.29 is 19.4 Å². The maximum atomic E-state index is 12.6. The molecule has 0 saturated carbocycles. The average molecular weight is 367 g/mol. The third kappa shape index (κ3) is 4.25. The summed E-state index contributed by atoms with van der Waals surface area (Å²) in [6.45, 7) is 1.76. The Labute approximate surface area is 156 Å². The van der Waals surface area contributed by atoms with Gasteiger partial charge in [-0.25, -0.2) is 9.78 Å². The van der Waals surface area contributed by atoms with Crippen LogP contribution in [0.4, 0.5) is 0 Å². The van der Waals surface area contributed by atoms with Crippen molar-refractivity contribution in [3.05, 3.63) is 60.2 Å². The topological polar surface area (TPSA) is 104 Å². The molecule has 27 heavy (non-hydrogen) atoms. The molecular formula is C20H21N3O4. The molecule has 7 heteroatoms. The number of carboxylic acids is 1. The number of hydrogen-bond donors (Lipinski definition) is 3. The Hall–Kier alpha value is -3.35. The molecule has 7 nitrogen and oxygen atoms in total. The number of rotatable bonds is 7. The lowest BCUT2D eigenvalue weighted by Crippen LogP contribution is -2.44. The zero-order valence-corrected chi connectivity index (χ0v) is 15.1. The zero-order valence-electron chi connectivity index (χ0n) is 15.1. The van der Waals surface area contributed by atoms with Crippen LogP contribution in [0.2, 0.25) is 0 Å². The molecule has 2 aromatic carbocycles. The number of aromatic amines is 1. The summed E-state index contributed by atoms with van der Waals surface area (Å²) in [5.41, 5.74) is 1.46. The molecule has 0 saturated heterocycles. The van der Waals surface area contributed by atoms with Crippen LogP contribution in [0, 0.1) is 0 Å². The molecule has 0 spiro atoms. The molecule has 0 aliphatic carbocycles. The van der Waals surface area contributed by atoms with Crippen LogP contribution >= 0.6 is 0 Å². The zero-order chi connectivity index (χ0) is 19.4. The summed E-state index contributed by atoms with van der Waals surface area (Å²) in [6.07, 6.45) is 3.16. The number of nitrogens with zero attached hydrogens (tertiary/aromatic N) is 1. The van der Waals surface area contributed by atoms with Crippen molar-refractivity contribution in [2.24, 2.45) is 0 Å². The van der Waals surface area contributed by atoms with Gasteiger partial charge in [0.1, 0.15) is 11.8 Å². The van der Waals surface area contributed by atoms with E-state index in [0.29, 0.717) is 5.69 Å². The second kappa shape index (κ2) is 7.90. The van der Waals surface area contributed by atoms with E-state index in [4.69, 9.17) is 4.74 Å². The molecule has 1 heterocycles. The van der Waals surface area contributed by atoms with E-state index in [1.54, 1.807) is 20.2 Å². The van der Waals surface area contributed by atoms with Gasteiger partial charge >= 0.3 is 5.97 Å². The number of aliphatic carboxylic acids is 1. The Balaban J connectivity index is 1.75. The van der Waals surface area contributed by atoms with Crippen LogP contribution < -0.4 is 10.1 Å². The van der Waals surface area contributed by atoms with Gasteiger partial charge in [-0.15, -0.1) is 0 Å². The lowest BCUT2D eigenvalue weighted by Gasteiger charge is -2.18. The summed E-state index contributed by atoms with van der Waals surface area (Å²) in [5.74, 6) is -1.14. The molecule has 3 N–H and O–H groups in total. The molecule has 3 aromatic rings. The Kier molecular flexibility index (Phi) is 5.40. The van der Waals surface area contributed by atoms with E-state index in [0.717, 1.165) is 22.1 Å². The van der Waals surface area contributed by atoms with E-state index < -0.39 is 17.9 Å². The maximum absolute atomic E-state index is 12.6. The molecule has 3 rings (SSSR count). The molecule has 0 aliphatic rings. The van der Waals surface area contributed by atoms with Gasteiger partial charge in [-0.3, -0.25) is 4.79 Å². The number of amides is 1. The van der Waals surface area contributed by atoms with Crippen LogP contribution in [0.15, 0.2) is 48.9 Å². The largest absolute Gasteiger partial charge is 0.497 e. The van der Waals surface area contributed by atoms with Gasteiger partial charge in [0.25, 0.3) is 0 Å². The molecule has 0 radical (unpaired) electrons. The van der Waals surface area contributed by atoms with Crippen LogP contribution in [-0.4, -0.2) is 40.1 Å². The fourth-order valence-electron chi connectivity index (χ4n) is 2.90. The van der Waals surface area contributed by atoms with E-state index in [1.807, 2.05) is 36.4 Å². The number of H-pyrrole nitrogens is 1. The molecule has 1 amide bonds. The first kappa shape index (κ1) is 18.4. The quantitative estimate of drug-likeness (QED) is 0.595. The van der Waals surface area contributed by atoms with E-state index in [-0.39, 0.29) is 12.3 Å². The number of ether oxygens (including phenoxy) is 1. The van der Waals surface area contributed by atoms with Crippen LogP contribution in [-0.2, 0) is 16.0 Å². The van der Waals surface area contributed by atoms with Crippen molar-refractivity contribution in [1.82, 2.24) is 15.3 Å². The van der Waals surface area contributed by atoms with Crippen molar-refractivity contribution in [3.63, 3.8) is 0 Å². The number of benzene rings is 2. The normalized spacial score (nSPS) is 13.1. The lowest BCUT2D eigenvalue weighted by atomic mass is 9.96. The van der Waals surface area contributed by atoms with E-state index >= 15 is 0 Å². The van der Waals surface area contributed by atoms with Crippen molar-refractivity contribution >= 4 is 22.6 Å². The van der Waals surface area contributed by atoms with Gasteiger partial charge in [0.2, 0.25) is 5.91 Å². The smallest absolute Gasteiger partial charge is 0.326 e. The predicted octanol–water partition coefficient (Wildman–Crippen LogP) is 2.49. The summed E-state index contributed by atoms with van der Waals surface area (Å²) in [4.78, 5) is 30.8. The summed E-state index contributed by atoms with van der Waals surface area (Å²) < 4.78 is 5.22. The van der Waals surface area contributed by atoms with Crippen molar-refractivity contribution in [2.45, 2.75) is 25.3 Å². The van der Waals surface area contributed by atoms with Crippen molar-refractivity contribution in [2.75, 3.05) is 7.11 Å². The SMILES string of the molecule is COc1ccc2cc([C@H](C)C(=O)N[C@@H](Cc3cnc[nH]3)C(=O)O)ccc2c1. The van der Waals surface area contributed by atoms with Gasteiger partial charge in [0.15, 0.2) is 0 Å². The molecule has 2 atom stereocenters. The summed E-state index contributed by atoms with van der Waals surface area (Å²) >= 11 is 0. The Morgan fingerprint density at radius 2 is 1.96 bits per heavy atom. The number of hydrogen-bond acceptors (Lipinski definition) is 4. The van der Waals surface area contributed by atoms with Gasteiger partial charge < -0.3 is 20.1 Å². The van der Waals surface area contributed by atoms with Gasteiger partial charge in [0, 0.05) is 18.3 Å². The van der Waals surface area contributed by atoms with Gasteiger partial charge in [0.05, 0.1) is 19.4 Å². The first-order valence-electron chi connectivity index (χ1n) is 8.56. The molecular weight excluding hydrogens is 346 g/mol. The highest BCUT2D eigenvalue weighted by Crippen LogP contribution is 2.25. The van der Waals surface area contributed by atoms with Gasteiger partial charge in [-0.1, -0.05) is 24.3 Å². The lowest BCUT2D eigenvalue weighted by molar-refractivity contribution is -0.142. The van der Waals surface area contributed by atoms with Crippen molar-refractivity contribution in [1.29, 1.82) is 0 Å². The highest BCUT2D eigenvalue weighted by Gasteiger charge is 2.24. The predicted molar refractivity (Wildman–Crippen MR) is 101 cm³/mol. The first-order chi connectivity index (χ1) is 13.0. The fourth-order valence-corrected chi connectivity index (χ4v) is 2.90. The third-order valence-electron chi connectivity index (χ3n) is 4.56. The standard InChI is InChI=1S/C20H21N3O4/c1-12(13-3-4-15-8-17(27-2)6-5-14(15)7-13)19(24)23-18(20(25)26)9-16-10-21-11-22-16/h3-8,10-12,18H,9H2,1-2H3,(H,21,22)(H,23,24)(H,25,26)/t12-,18-/m0/s1. The van der Waals surface area contributed by atoms with Crippen LogP contribution in [0.3, 0.4) is 0 Å². The van der Waals surface area contributed by atoms with Gasteiger partial charge in [-0.05, 0) is 35.4 Å². The summed E-state index contributed by atoms with van der Waals surface area (Å²) in [6, 6.07) is 10.4. The summed E-state index contributed by atoms with van der Waals surface area (Å²) in [7, 11) is 1.62. The highest BCUT2D eigenvalue weighted by molar-refractivity contribution is 5.90. The number of methoxy groups -OCH3 is 1.